The predicted molar refractivity (Wildman–Crippen MR) is 105 cm³/mol. The van der Waals surface area contributed by atoms with E-state index in [0.717, 1.165) is 37.7 Å². The molecule has 1 aliphatic carbocycles. The number of methoxy groups -OCH3 is 2. The first-order chi connectivity index (χ1) is 13.5. The number of para-hydroxylation sites is 1. The second-order valence-corrected chi connectivity index (χ2v) is 7.90. The molecule has 1 saturated carbocycles. The number of piperidine rings is 1. The molecule has 7 heteroatoms. The van der Waals surface area contributed by atoms with Gasteiger partial charge in [0, 0.05) is 31.2 Å². The predicted octanol–water partition coefficient (Wildman–Crippen LogP) is 1.45. The van der Waals surface area contributed by atoms with Crippen LogP contribution in [-0.2, 0) is 11.3 Å². The van der Waals surface area contributed by atoms with Gasteiger partial charge in [-0.3, -0.25) is 4.79 Å². The zero-order valence-corrected chi connectivity index (χ0v) is 16.8. The van der Waals surface area contributed by atoms with Crippen molar-refractivity contribution in [1.29, 1.82) is 0 Å². The number of carbonyl (C=O) groups excluding carboxylic acids is 1. The van der Waals surface area contributed by atoms with Crippen molar-refractivity contribution in [1.82, 2.24) is 10.2 Å². The third kappa shape index (κ3) is 4.59. The third-order valence-corrected chi connectivity index (χ3v) is 5.93. The molecule has 1 aromatic rings. The van der Waals surface area contributed by atoms with Gasteiger partial charge in [0.25, 0.3) is 5.91 Å². The van der Waals surface area contributed by atoms with Crippen LogP contribution in [0, 0.1) is 0 Å². The molecule has 3 rings (SSSR count). The SMILES string of the molecule is COc1cccc(CN2CCC[C@](O)(CNC3CCC(O)CC3)C2=O)c1OC. The van der Waals surface area contributed by atoms with Crippen molar-refractivity contribution >= 4 is 5.91 Å². The molecule has 1 heterocycles. The van der Waals surface area contributed by atoms with Crippen LogP contribution in [0.5, 0.6) is 11.5 Å². The number of aliphatic hydroxyl groups is 2. The van der Waals surface area contributed by atoms with Crippen LogP contribution >= 0.6 is 0 Å². The van der Waals surface area contributed by atoms with E-state index >= 15 is 0 Å². The first-order valence-corrected chi connectivity index (χ1v) is 10.1. The molecule has 0 unspecified atom stereocenters. The summed E-state index contributed by atoms with van der Waals surface area (Å²) in [5, 5.41) is 24.0. The minimum absolute atomic E-state index is 0.217. The molecule has 156 valence electrons. The normalized spacial score (nSPS) is 28.3. The number of benzene rings is 1. The monoisotopic (exact) mass is 392 g/mol. The highest BCUT2D eigenvalue weighted by molar-refractivity contribution is 5.86. The van der Waals surface area contributed by atoms with Gasteiger partial charge < -0.3 is 29.9 Å². The maximum atomic E-state index is 13.1. The van der Waals surface area contributed by atoms with Crippen molar-refractivity contribution in [2.24, 2.45) is 0 Å². The van der Waals surface area contributed by atoms with Crippen molar-refractivity contribution in [3.05, 3.63) is 23.8 Å². The molecule has 28 heavy (non-hydrogen) atoms. The van der Waals surface area contributed by atoms with Crippen LogP contribution in [0.25, 0.3) is 0 Å². The number of amides is 1. The van der Waals surface area contributed by atoms with Crippen molar-refractivity contribution in [3.63, 3.8) is 0 Å². The van der Waals surface area contributed by atoms with E-state index in [9.17, 15) is 15.0 Å². The van der Waals surface area contributed by atoms with Gasteiger partial charge in [-0.2, -0.15) is 0 Å². The van der Waals surface area contributed by atoms with Gasteiger partial charge >= 0.3 is 0 Å². The Morgan fingerprint density at radius 3 is 2.64 bits per heavy atom. The van der Waals surface area contributed by atoms with Crippen molar-refractivity contribution in [3.8, 4) is 11.5 Å². The molecule has 1 aliphatic heterocycles. The van der Waals surface area contributed by atoms with Gasteiger partial charge in [0.2, 0.25) is 0 Å². The fourth-order valence-electron chi connectivity index (χ4n) is 4.26. The third-order valence-electron chi connectivity index (χ3n) is 5.93. The van der Waals surface area contributed by atoms with Crippen LogP contribution in [0.3, 0.4) is 0 Å². The highest BCUT2D eigenvalue weighted by Crippen LogP contribution is 2.33. The van der Waals surface area contributed by atoms with Gasteiger partial charge in [-0.1, -0.05) is 12.1 Å². The molecule has 1 atom stereocenters. The summed E-state index contributed by atoms with van der Waals surface area (Å²) in [6, 6.07) is 5.85. The van der Waals surface area contributed by atoms with E-state index in [1.807, 2.05) is 18.2 Å². The zero-order chi connectivity index (χ0) is 20.1. The maximum Gasteiger partial charge on any atom is 0.256 e. The van der Waals surface area contributed by atoms with Gasteiger partial charge in [0.15, 0.2) is 17.1 Å². The molecule has 0 bridgehead atoms. The fourth-order valence-corrected chi connectivity index (χ4v) is 4.26. The van der Waals surface area contributed by atoms with Crippen molar-refractivity contribution < 1.29 is 24.5 Å². The number of hydrogen-bond donors (Lipinski definition) is 3. The highest BCUT2D eigenvalue weighted by Gasteiger charge is 2.42. The number of nitrogens with zero attached hydrogens (tertiary/aromatic N) is 1. The smallest absolute Gasteiger partial charge is 0.256 e. The fraction of sp³-hybridized carbons (Fsp3) is 0.667. The number of aliphatic hydroxyl groups excluding tert-OH is 1. The maximum absolute atomic E-state index is 13.1. The van der Waals surface area contributed by atoms with Crippen molar-refractivity contribution in [2.45, 2.75) is 62.8 Å². The Morgan fingerprint density at radius 1 is 1.21 bits per heavy atom. The molecule has 3 N–H and O–H groups in total. The topological polar surface area (TPSA) is 91.3 Å². The largest absolute Gasteiger partial charge is 0.493 e. The molecule has 1 saturated heterocycles. The molecular formula is C21H32N2O5. The lowest BCUT2D eigenvalue weighted by Crippen LogP contribution is -2.58. The Kier molecular flexibility index (Phi) is 6.80. The van der Waals surface area contributed by atoms with E-state index in [-0.39, 0.29) is 24.6 Å². The molecule has 0 aromatic heterocycles. The second-order valence-electron chi connectivity index (χ2n) is 7.90. The molecular weight excluding hydrogens is 360 g/mol. The molecule has 7 nitrogen and oxygen atoms in total. The summed E-state index contributed by atoms with van der Waals surface area (Å²) in [7, 11) is 3.17. The number of ether oxygens (including phenoxy) is 2. The molecule has 2 aliphatic rings. The standard InChI is InChI=1S/C21H32N2O5/c1-27-18-6-3-5-15(19(18)28-2)13-23-12-4-11-21(26,20(23)25)14-22-16-7-9-17(24)10-8-16/h3,5-6,16-17,22,24,26H,4,7-14H2,1-2H3/t16?,17?,21-/m0/s1. The van der Waals surface area contributed by atoms with E-state index in [0.29, 0.717) is 31.0 Å². The second kappa shape index (κ2) is 9.11. The minimum atomic E-state index is -1.39. The van der Waals surface area contributed by atoms with Crippen molar-refractivity contribution in [2.75, 3.05) is 27.3 Å². The lowest BCUT2D eigenvalue weighted by atomic mass is 9.89. The van der Waals surface area contributed by atoms with Gasteiger partial charge in [-0.15, -0.1) is 0 Å². The Balaban J connectivity index is 1.65. The molecule has 1 aromatic carbocycles. The summed E-state index contributed by atoms with van der Waals surface area (Å²) >= 11 is 0. The van der Waals surface area contributed by atoms with Gasteiger partial charge in [0.05, 0.1) is 20.3 Å². The van der Waals surface area contributed by atoms with Gasteiger partial charge in [-0.05, 0) is 44.6 Å². The summed E-state index contributed by atoms with van der Waals surface area (Å²) in [6.07, 6.45) is 4.27. The number of likely N-dealkylation sites (tertiary alicyclic amines) is 1. The lowest BCUT2D eigenvalue weighted by Gasteiger charge is -2.39. The van der Waals surface area contributed by atoms with Gasteiger partial charge in [-0.25, -0.2) is 0 Å². The van der Waals surface area contributed by atoms with E-state index < -0.39 is 5.60 Å². The van der Waals surface area contributed by atoms with E-state index in [1.54, 1.807) is 19.1 Å². The average Bonchev–Trinajstić information content (AvgIpc) is 2.71. The van der Waals surface area contributed by atoms with E-state index in [1.165, 1.54) is 0 Å². The number of nitrogens with one attached hydrogen (secondary N) is 1. The Hall–Kier alpha value is -1.83. The molecule has 0 radical (unpaired) electrons. The summed E-state index contributed by atoms with van der Waals surface area (Å²) in [5.41, 5.74) is -0.533. The van der Waals surface area contributed by atoms with Crippen LogP contribution in [-0.4, -0.2) is 66.1 Å². The molecule has 1 amide bonds. The first-order valence-electron chi connectivity index (χ1n) is 10.1. The Morgan fingerprint density at radius 2 is 1.96 bits per heavy atom. The number of carbonyl (C=O) groups is 1. The first kappa shape index (κ1) is 20.9. The van der Waals surface area contributed by atoms with E-state index in [2.05, 4.69) is 5.32 Å². The summed E-state index contributed by atoms with van der Waals surface area (Å²) in [4.78, 5) is 14.8. The highest BCUT2D eigenvalue weighted by atomic mass is 16.5. The molecule has 0 spiro atoms. The Labute approximate surface area is 166 Å². The minimum Gasteiger partial charge on any atom is -0.493 e. The van der Waals surface area contributed by atoms with Crippen LogP contribution < -0.4 is 14.8 Å². The van der Waals surface area contributed by atoms with Gasteiger partial charge in [0.1, 0.15) is 0 Å². The van der Waals surface area contributed by atoms with Crippen LogP contribution in [0.4, 0.5) is 0 Å². The number of hydrogen-bond acceptors (Lipinski definition) is 6. The van der Waals surface area contributed by atoms with Crippen LogP contribution in [0.15, 0.2) is 18.2 Å². The summed E-state index contributed by atoms with van der Waals surface area (Å²) in [5.74, 6) is 0.999. The average molecular weight is 392 g/mol. The van der Waals surface area contributed by atoms with Crippen LogP contribution in [0.2, 0.25) is 0 Å². The Bertz CT molecular complexity index is 675. The zero-order valence-electron chi connectivity index (χ0n) is 16.8. The van der Waals surface area contributed by atoms with E-state index in [4.69, 9.17) is 9.47 Å². The molecule has 2 fully saturated rings. The summed E-state index contributed by atoms with van der Waals surface area (Å²) in [6.45, 7) is 1.23. The lowest BCUT2D eigenvalue weighted by molar-refractivity contribution is -0.157. The quantitative estimate of drug-likeness (QED) is 0.651. The summed E-state index contributed by atoms with van der Waals surface area (Å²) < 4.78 is 10.8. The van der Waals surface area contributed by atoms with Crippen LogP contribution in [0.1, 0.15) is 44.1 Å². The number of rotatable bonds is 7.